The van der Waals surface area contributed by atoms with E-state index in [2.05, 4.69) is 10.2 Å². The van der Waals surface area contributed by atoms with Gasteiger partial charge in [0.15, 0.2) is 0 Å². The third-order valence-electron chi connectivity index (χ3n) is 2.91. The molecule has 1 aromatic carbocycles. The zero-order valence-electron chi connectivity index (χ0n) is 9.41. The molecule has 16 heavy (non-hydrogen) atoms. The molecule has 0 aromatic heterocycles. The molecule has 4 heteroatoms. The number of hydrogen-bond acceptors (Lipinski definition) is 3. The van der Waals surface area contributed by atoms with Gasteiger partial charge in [-0.15, -0.1) is 0 Å². The van der Waals surface area contributed by atoms with E-state index in [4.69, 9.17) is 0 Å². The van der Waals surface area contributed by atoms with Crippen molar-refractivity contribution in [1.29, 1.82) is 0 Å². The minimum Gasteiger partial charge on any atom is -0.389 e. The van der Waals surface area contributed by atoms with Crippen molar-refractivity contribution in [1.82, 2.24) is 5.32 Å². The van der Waals surface area contributed by atoms with Crippen LogP contribution in [0.25, 0.3) is 0 Å². The van der Waals surface area contributed by atoms with Crippen molar-refractivity contribution in [3.8, 4) is 0 Å². The second-order valence-electron chi connectivity index (χ2n) is 4.09. The lowest BCUT2D eigenvalue weighted by Gasteiger charge is -2.31. The Hall–Kier alpha value is -1.13. The van der Waals surface area contributed by atoms with Crippen molar-refractivity contribution >= 4 is 5.69 Å². The summed E-state index contributed by atoms with van der Waals surface area (Å²) in [4.78, 5) is 2.11. The third-order valence-corrected chi connectivity index (χ3v) is 2.91. The normalized spacial score (nSPS) is 18.6. The summed E-state index contributed by atoms with van der Waals surface area (Å²) >= 11 is 0. The van der Waals surface area contributed by atoms with Gasteiger partial charge >= 0.3 is 0 Å². The predicted octanol–water partition coefficient (Wildman–Crippen LogP) is 1.29. The summed E-state index contributed by atoms with van der Waals surface area (Å²) in [5, 5.41) is 12.9. The number of benzene rings is 1. The molecule has 0 spiro atoms. The molecule has 0 aliphatic carbocycles. The molecule has 1 saturated heterocycles. The van der Waals surface area contributed by atoms with E-state index in [9.17, 15) is 9.50 Å². The lowest BCUT2D eigenvalue weighted by molar-refractivity contribution is 0.194. The molecule has 88 valence electrons. The highest BCUT2D eigenvalue weighted by atomic mass is 19.1. The first-order valence-corrected chi connectivity index (χ1v) is 5.62. The van der Waals surface area contributed by atoms with Crippen LogP contribution in [-0.2, 0) is 0 Å². The van der Waals surface area contributed by atoms with Crippen LogP contribution >= 0.6 is 0 Å². The van der Waals surface area contributed by atoms with Gasteiger partial charge in [-0.25, -0.2) is 4.39 Å². The molecule has 0 bridgehead atoms. The number of anilines is 1. The standard InChI is InChI=1S/C12H17FN2O/c1-9(16)12-10(13)3-2-4-11(12)15-7-5-14-6-8-15/h2-4,9,14,16H,5-8H2,1H3/t9-/m1/s1. The van der Waals surface area contributed by atoms with Crippen LogP contribution in [0.2, 0.25) is 0 Å². The van der Waals surface area contributed by atoms with Crippen molar-refractivity contribution in [3.05, 3.63) is 29.6 Å². The maximum absolute atomic E-state index is 13.7. The van der Waals surface area contributed by atoms with Gasteiger partial charge in [0, 0.05) is 37.4 Å². The van der Waals surface area contributed by atoms with E-state index in [0.29, 0.717) is 5.56 Å². The first kappa shape index (κ1) is 11.4. The minimum atomic E-state index is -0.772. The molecule has 1 aliphatic rings. The summed E-state index contributed by atoms with van der Waals surface area (Å²) in [7, 11) is 0. The zero-order valence-corrected chi connectivity index (χ0v) is 9.41. The highest BCUT2D eigenvalue weighted by Gasteiger charge is 2.19. The molecule has 1 atom stereocenters. The minimum absolute atomic E-state index is 0.328. The molecule has 2 N–H and O–H groups in total. The fourth-order valence-electron chi connectivity index (χ4n) is 2.12. The largest absolute Gasteiger partial charge is 0.389 e. The maximum Gasteiger partial charge on any atom is 0.131 e. The van der Waals surface area contributed by atoms with Crippen LogP contribution in [0.5, 0.6) is 0 Å². The summed E-state index contributed by atoms with van der Waals surface area (Å²) in [6.07, 6.45) is -0.772. The first-order valence-electron chi connectivity index (χ1n) is 5.62. The van der Waals surface area contributed by atoms with E-state index in [1.807, 2.05) is 6.07 Å². The Bertz CT molecular complexity index is 362. The number of nitrogens with zero attached hydrogens (tertiary/aromatic N) is 1. The van der Waals surface area contributed by atoms with Gasteiger partial charge in [0.1, 0.15) is 5.82 Å². The van der Waals surface area contributed by atoms with Crippen LogP contribution in [0.15, 0.2) is 18.2 Å². The molecule has 0 saturated carbocycles. The van der Waals surface area contributed by atoms with Gasteiger partial charge in [-0.2, -0.15) is 0 Å². The summed E-state index contributed by atoms with van der Waals surface area (Å²) in [5.41, 5.74) is 1.22. The van der Waals surface area contributed by atoms with E-state index >= 15 is 0 Å². The average Bonchev–Trinajstić information content (AvgIpc) is 2.29. The molecule has 1 aromatic rings. The fraction of sp³-hybridized carbons (Fsp3) is 0.500. The van der Waals surface area contributed by atoms with Crippen LogP contribution < -0.4 is 10.2 Å². The molecule has 0 radical (unpaired) electrons. The molecule has 2 rings (SSSR count). The molecule has 1 fully saturated rings. The second kappa shape index (κ2) is 4.80. The van der Waals surface area contributed by atoms with Crippen molar-refractivity contribution in [2.75, 3.05) is 31.1 Å². The van der Waals surface area contributed by atoms with E-state index in [0.717, 1.165) is 31.9 Å². The van der Waals surface area contributed by atoms with Gasteiger partial charge < -0.3 is 15.3 Å². The van der Waals surface area contributed by atoms with Gasteiger partial charge in [0.2, 0.25) is 0 Å². The number of halogens is 1. The van der Waals surface area contributed by atoms with Gasteiger partial charge in [0.25, 0.3) is 0 Å². The third kappa shape index (κ3) is 2.18. The molecular weight excluding hydrogens is 207 g/mol. The Balaban J connectivity index is 2.34. The Morgan fingerprint density at radius 1 is 1.38 bits per heavy atom. The summed E-state index contributed by atoms with van der Waals surface area (Å²) in [5.74, 6) is -0.328. The maximum atomic E-state index is 13.7. The van der Waals surface area contributed by atoms with Gasteiger partial charge in [-0.1, -0.05) is 6.07 Å². The summed E-state index contributed by atoms with van der Waals surface area (Å²) < 4.78 is 13.7. The van der Waals surface area contributed by atoms with Crippen molar-refractivity contribution in [3.63, 3.8) is 0 Å². The van der Waals surface area contributed by atoms with Gasteiger partial charge in [-0.3, -0.25) is 0 Å². The summed E-state index contributed by atoms with van der Waals surface area (Å²) in [6, 6.07) is 4.96. The topological polar surface area (TPSA) is 35.5 Å². The Morgan fingerprint density at radius 3 is 2.69 bits per heavy atom. The smallest absolute Gasteiger partial charge is 0.131 e. The van der Waals surface area contributed by atoms with Crippen molar-refractivity contribution in [2.24, 2.45) is 0 Å². The van der Waals surface area contributed by atoms with E-state index < -0.39 is 6.10 Å². The molecule has 1 heterocycles. The lowest BCUT2D eigenvalue weighted by Crippen LogP contribution is -2.44. The van der Waals surface area contributed by atoms with Gasteiger partial charge in [-0.05, 0) is 19.1 Å². The highest BCUT2D eigenvalue weighted by molar-refractivity contribution is 5.55. The quantitative estimate of drug-likeness (QED) is 0.794. The second-order valence-corrected chi connectivity index (χ2v) is 4.09. The van der Waals surface area contributed by atoms with Crippen molar-refractivity contribution in [2.45, 2.75) is 13.0 Å². The first-order chi connectivity index (χ1) is 7.70. The zero-order chi connectivity index (χ0) is 11.5. The van der Waals surface area contributed by atoms with Crippen LogP contribution in [0.4, 0.5) is 10.1 Å². The summed E-state index contributed by atoms with van der Waals surface area (Å²) in [6.45, 7) is 5.10. The Labute approximate surface area is 94.9 Å². The molecule has 3 nitrogen and oxygen atoms in total. The number of aliphatic hydroxyl groups excluding tert-OH is 1. The van der Waals surface area contributed by atoms with E-state index in [1.165, 1.54) is 6.07 Å². The SMILES string of the molecule is C[C@@H](O)c1c(F)cccc1N1CCNCC1. The number of hydrogen-bond donors (Lipinski definition) is 2. The Kier molecular flexibility index (Phi) is 3.41. The van der Waals surface area contributed by atoms with E-state index in [-0.39, 0.29) is 5.82 Å². The lowest BCUT2D eigenvalue weighted by atomic mass is 10.1. The predicted molar refractivity (Wildman–Crippen MR) is 62.1 cm³/mol. The Morgan fingerprint density at radius 2 is 2.06 bits per heavy atom. The highest BCUT2D eigenvalue weighted by Crippen LogP contribution is 2.28. The van der Waals surface area contributed by atoms with Crippen LogP contribution in [0.3, 0.4) is 0 Å². The molecular formula is C12H17FN2O. The number of piperazine rings is 1. The molecule has 0 unspecified atom stereocenters. The fourth-order valence-corrected chi connectivity index (χ4v) is 2.12. The number of rotatable bonds is 2. The average molecular weight is 224 g/mol. The molecule has 1 aliphatic heterocycles. The van der Waals surface area contributed by atoms with Crippen molar-refractivity contribution < 1.29 is 9.50 Å². The van der Waals surface area contributed by atoms with Crippen LogP contribution in [0.1, 0.15) is 18.6 Å². The monoisotopic (exact) mass is 224 g/mol. The number of nitrogens with one attached hydrogen (secondary N) is 1. The van der Waals surface area contributed by atoms with Crippen LogP contribution in [-0.4, -0.2) is 31.3 Å². The van der Waals surface area contributed by atoms with Gasteiger partial charge in [0.05, 0.1) is 6.10 Å². The number of aliphatic hydroxyl groups is 1. The molecule has 0 amide bonds. The van der Waals surface area contributed by atoms with Crippen LogP contribution in [0, 0.1) is 5.82 Å². The van der Waals surface area contributed by atoms with E-state index in [1.54, 1.807) is 13.0 Å².